The Morgan fingerprint density at radius 2 is 2.00 bits per heavy atom. The van der Waals surface area contributed by atoms with E-state index in [0.717, 1.165) is 33.1 Å². The molecule has 0 saturated heterocycles. The maximum atomic E-state index is 12.3. The predicted molar refractivity (Wildman–Crippen MR) is 117 cm³/mol. The lowest BCUT2D eigenvalue weighted by Crippen LogP contribution is -2.21. The zero-order valence-corrected chi connectivity index (χ0v) is 16.8. The smallest absolute Gasteiger partial charge is 0.244 e. The second kappa shape index (κ2) is 8.67. The van der Waals surface area contributed by atoms with Crippen LogP contribution in [0.5, 0.6) is 0 Å². The number of nitrogens with zero attached hydrogens (tertiary/aromatic N) is 3. The first kappa shape index (κ1) is 18.8. The largest absolute Gasteiger partial charge is 0.347 e. The molecule has 1 amide bonds. The maximum Gasteiger partial charge on any atom is 0.244 e. The molecule has 1 aromatic carbocycles. The van der Waals surface area contributed by atoms with Crippen LogP contribution in [-0.2, 0) is 11.3 Å². The minimum atomic E-state index is -0.167. The van der Waals surface area contributed by atoms with Gasteiger partial charge in [-0.3, -0.25) is 9.78 Å². The number of amides is 1. The quantitative estimate of drug-likeness (QED) is 0.480. The van der Waals surface area contributed by atoms with E-state index in [-0.39, 0.29) is 5.91 Å². The number of nitrogens with one attached hydrogen (secondary N) is 1. The average molecular weight is 401 g/mol. The molecule has 4 rings (SSSR count). The first-order valence-electron chi connectivity index (χ1n) is 9.26. The molecule has 0 bridgehead atoms. The van der Waals surface area contributed by atoms with Crippen molar-refractivity contribution in [1.29, 1.82) is 0 Å². The number of aromatic nitrogens is 3. The van der Waals surface area contributed by atoms with Crippen molar-refractivity contribution in [2.45, 2.75) is 13.5 Å². The van der Waals surface area contributed by atoms with Crippen LogP contribution in [0.3, 0.4) is 0 Å². The van der Waals surface area contributed by atoms with Crippen LogP contribution in [0.1, 0.15) is 16.8 Å². The maximum absolute atomic E-state index is 12.3. The number of rotatable bonds is 6. The summed E-state index contributed by atoms with van der Waals surface area (Å²) in [4.78, 5) is 17.7. The Hall–Kier alpha value is -3.51. The number of benzene rings is 1. The van der Waals surface area contributed by atoms with Gasteiger partial charge in [0.2, 0.25) is 5.91 Å². The van der Waals surface area contributed by atoms with E-state index in [1.807, 2.05) is 83.9 Å². The van der Waals surface area contributed by atoms with Crippen molar-refractivity contribution in [3.8, 4) is 16.3 Å². The van der Waals surface area contributed by atoms with E-state index in [0.29, 0.717) is 6.54 Å². The van der Waals surface area contributed by atoms with Crippen molar-refractivity contribution in [3.63, 3.8) is 0 Å². The molecular weight excluding hydrogens is 380 g/mol. The third-order valence-corrected chi connectivity index (χ3v) is 5.36. The number of hydrogen-bond donors (Lipinski definition) is 1. The van der Waals surface area contributed by atoms with Gasteiger partial charge in [0.05, 0.1) is 22.8 Å². The summed E-state index contributed by atoms with van der Waals surface area (Å²) in [6, 6.07) is 17.8. The molecule has 4 aromatic rings. The van der Waals surface area contributed by atoms with Gasteiger partial charge in [0.1, 0.15) is 5.69 Å². The number of para-hydroxylation sites is 1. The lowest BCUT2D eigenvalue weighted by atomic mass is 10.2. The van der Waals surface area contributed by atoms with Crippen LogP contribution in [0.4, 0.5) is 0 Å². The molecular formula is C23H20N4OS. The highest BCUT2D eigenvalue weighted by atomic mass is 32.1. The van der Waals surface area contributed by atoms with Gasteiger partial charge >= 0.3 is 0 Å². The molecule has 5 nitrogen and oxygen atoms in total. The lowest BCUT2D eigenvalue weighted by Gasteiger charge is -2.04. The summed E-state index contributed by atoms with van der Waals surface area (Å²) < 4.78 is 1.84. The SMILES string of the molecule is Cc1cccnc1CNC(=O)C=Cc1cn(-c2ccccc2)nc1-c1cccs1. The molecule has 3 heterocycles. The van der Waals surface area contributed by atoms with Crippen molar-refractivity contribution in [1.82, 2.24) is 20.1 Å². The Morgan fingerprint density at radius 1 is 1.14 bits per heavy atom. The third kappa shape index (κ3) is 4.50. The van der Waals surface area contributed by atoms with Crippen molar-refractivity contribution in [2.24, 2.45) is 0 Å². The number of carbonyl (C=O) groups is 1. The van der Waals surface area contributed by atoms with Gasteiger partial charge in [0.25, 0.3) is 0 Å². The Kier molecular flexibility index (Phi) is 5.63. The van der Waals surface area contributed by atoms with E-state index in [1.54, 1.807) is 23.6 Å². The molecule has 0 atom stereocenters. The Bertz CT molecular complexity index is 1130. The molecule has 0 spiro atoms. The summed E-state index contributed by atoms with van der Waals surface area (Å²) >= 11 is 1.62. The number of aryl methyl sites for hydroxylation is 1. The molecule has 0 aliphatic carbocycles. The second-order valence-corrected chi connectivity index (χ2v) is 7.46. The summed E-state index contributed by atoms with van der Waals surface area (Å²) in [7, 11) is 0. The number of carbonyl (C=O) groups excluding carboxylic acids is 1. The molecule has 3 aromatic heterocycles. The average Bonchev–Trinajstić information content (AvgIpc) is 3.42. The van der Waals surface area contributed by atoms with Crippen LogP contribution in [-0.4, -0.2) is 20.7 Å². The van der Waals surface area contributed by atoms with Crippen molar-refractivity contribution < 1.29 is 4.79 Å². The van der Waals surface area contributed by atoms with Crippen LogP contribution < -0.4 is 5.32 Å². The first-order valence-corrected chi connectivity index (χ1v) is 10.1. The zero-order chi connectivity index (χ0) is 20.1. The van der Waals surface area contributed by atoms with E-state index < -0.39 is 0 Å². The van der Waals surface area contributed by atoms with E-state index in [1.165, 1.54) is 0 Å². The molecule has 0 fully saturated rings. The normalized spacial score (nSPS) is 11.1. The summed E-state index contributed by atoms with van der Waals surface area (Å²) in [6.07, 6.45) is 7.02. The summed E-state index contributed by atoms with van der Waals surface area (Å²) in [5.41, 5.74) is 4.64. The highest BCUT2D eigenvalue weighted by Gasteiger charge is 2.11. The molecule has 29 heavy (non-hydrogen) atoms. The fourth-order valence-electron chi connectivity index (χ4n) is 2.93. The third-order valence-electron chi connectivity index (χ3n) is 4.48. The van der Waals surface area contributed by atoms with E-state index >= 15 is 0 Å². The van der Waals surface area contributed by atoms with E-state index in [9.17, 15) is 4.79 Å². The van der Waals surface area contributed by atoms with Gasteiger partial charge in [-0.05, 0) is 48.2 Å². The van der Waals surface area contributed by atoms with Crippen molar-refractivity contribution >= 4 is 23.3 Å². The first-order chi connectivity index (χ1) is 14.2. The van der Waals surface area contributed by atoms with Gasteiger partial charge in [-0.2, -0.15) is 5.10 Å². The molecule has 0 aliphatic rings. The second-order valence-electron chi connectivity index (χ2n) is 6.51. The monoisotopic (exact) mass is 400 g/mol. The fraction of sp³-hybridized carbons (Fsp3) is 0.0870. The number of hydrogen-bond acceptors (Lipinski definition) is 4. The summed E-state index contributed by atoms with van der Waals surface area (Å²) in [5.74, 6) is -0.167. The van der Waals surface area contributed by atoms with Gasteiger partial charge in [0.15, 0.2) is 0 Å². The van der Waals surface area contributed by atoms with Gasteiger partial charge in [0, 0.05) is 24.0 Å². The van der Waals surface area contributed by atoms with Crippen LogP contribution in [0.25, 0.3) is 22.3 Å². The summed E-state index contributed by atoms with van der Waals surface area (Å²) in [5, 5.41) is 9.65. The standard InChI is InChI=1S/C23H20N4OS/c1-17-7-5-13-24-20(17)15-25-22(28)12-11-18-16-27(19-8-3-2-4-9-19)26-23(18)21-10-6-14-29-21/h2-14,16H,15H2,1H3,(H,25,28). The molecule has 0 radical (unpaired) electrons. The molecule has 0 unspecified atom stereocenters. The molecule has 6 heteroatoms. The number of pyridine rings is 1. The predicted octanol–water partition coefficient (Wildman–Crippen LogP) is 4.63. The van der Waals surface area contributed by atoms with Crippen molar-refractivity contribution in [2.75, 3.05) is 0 Å². The van der Waals surface area contributed by atoms with Crippen LogP contribution in [0.15, 0.2) is 78.4 Å². The molecule has 1 N–H and O–H groups in total. The minimum absolute atomic E-state index is 0.167. The van der Waals surface area contributed by atoms with E-state index in [2.05, 4.69) is 10.3 Å². The molecule has 0 aliphatic heterocycles. The minimum Gasteiger partial charge on any atom is -0.347 e. The fourth-order valence-corrected chi connectivity index (χ4v) is 3.66. The zero-order valence-electron chi connectivity index (χ0n) is 15.9. The van der Waals surface area contributed by atoms with Crippen LogP contribution >= 0.6 is 11.3 Å². The van der Waals surface area contributed by atoms with Gasteiger partial charge in [-0.1, -0.05) is 30.3 Å². The molecule has 0 saturated carbocycles. The topological polar surface area (TPSA) is 59.8 Å². The van der Waals surface area contributed by atoms with Crippen LogP contribution in [0.2, 0.25) is 0 Å². The van der Waals surface area contributed by atoms with Gasteiger partial charge in [-0.25, -0.2) is 4.68 Å². The summed E-state index contributed by atoms with van der Waals surface area (Å²) in [6.45, 7) is 2.38. The highest BCUT2D eigenvalue weighted by molar-refractivity contribution is 7.13. The molecule has 144 valence electrons. The Balaban J connectivity index is 1.54. The van der Waals surface area contributed by atoms with Gasteiger partial charge in [-0.15, -0.1) is 11.3 Å². The Morgan fingerprint density at radius 3 is 2.76 bits per heavy atom. The highest BCUT2D eigenvalue weighted by Crippen LogP contribution is 2.28. The van der Waals surface area contributed by atoms with E-state index in [4.69, 9.17) is 5.10 Å². The van der Waals surface area contributed by atoms with Gasteiger partial charge < -0.3 is 5.32 Å². The number of thiophene rings is 1. The Labute approximate surface area is 173 Å². The van der Waals surface area contributed by atoms with Crippen molar-refractivity contribution in [3.05, 3.63) is 95.3 Å². The van der Waals surface area contributed by atoms with Crippen LogP contribution in [0, 0.1) is 6.92 Å². The lowest BCUT2D eigenvalue weighted by molar-refractivity contribution is -0.116.